The summed E-state index contributed by atoms with van der Waals surface area (Å²) in [6.45, 7) is 2.16. The Balaban J connectivity index is 1.31. The van der Waals surface area contributed by atoms with E-state index in [1.54, 1.807) is 48.7 Å². The highest BCUT2D eigenvalue weighted by atomic mass is 32.2. The first-order valence-corrected chi connectivity index (χ1v) is 11.0. The fraction of sp³-hybridized carbons (Fsp3) is 0.286. The summed E-state index contributed by atoms with van der Waals surface area (Å²) in [5, 5.41) is 0. The molecule has 1 fully saturated rings. The molecule has 0 amide bonds. The molecule has 29 heavy (non-hydrogen) atoms. The van der Waals surface area contributed by atoms with Crippen molar-refractivity contribution in [3.05, 3.63) is 72.4 Å². The highest BCUT2D eigenvalue weighted by Crippen LogP contribution is 2.21. The lowest BCUT2D eigenvalue weighted by atomic mass is 10.1. The van der Waals surface area contributed by atoms with Crippen molar-refractivity contribution in [3.8, 4) is 11.5 Å². The summed E-state index contributed by atoms with van der Waals surface area (Å²) >= 11 is 0. The number of sulfonamides is 1. The number of oxazole rings is 1. The maximum absolute atomic E-state index is 13.0. The van der Waals surface area contributed by atoms with Crippen LogP contribution in [0.3, 0.4) is 0 Å². The van der Waals surface area contributed by atoms with Gasteiger partial charge in [0.2, 0.25) is 15.9 Å². The predicted molar refractivity (Wildman–Crippen MR) is 107 cm³/mol. The minimum absolute atomic E-state index is 0.0801. The van der Waals surface area contributed by atoms with E-state index in [1.807, 2.05) is 0 Å². The number of benzene rings is 2. The van der Waals surface area contributed by atoms with E-state index in [2.05, 4.69) is 14.6 Å². The molecule has 1 saturated heterocycles. The van der Waals surface area contributed by atoms with Crippen LogP contribution < -0.4 is 4.72 Å². The van der Waals surface area contributed by atoms with E-state index in [0.29, 0.717) is 17.3 Å². The van der Waals surface area contributed by atoms with Crippen LogP contribution in [-0.4, -0.2) is 37.4 Å². The predicted octanol–water partition coefficient (Wildman–Crippen LogP) is 3.42. The van der Waals surface area contributed by atoms with Gasteiger partial charge >= 0.3 is 0 Å². The van der Waals surface area contributed by atoms with Crippen LogP contribution in [-0.2, 0) is 16.6 Å². The quantitative estimate of drug-likeness (QED) is 0.668. The molecule has 0 bridgehead atoms. The van der Waals surface area contributed by atoms with Crippen molar-refractivity contribution in [1.29, 1.82) is 0 Å². The largest absolute Gasteiger partial charge is 0.444 e. The normalized spacial score (nSPS) is 16.2. The molecule has 2 aromatic carbocycles. The van der Waals surface area contributed by atoms with E-state index in [4.69, 9.17) is 4.42 Å². The minimum atomic E-state index is -3.49. The molecule has 0 atom stereocenters. The van der Waals surface area contributed by atoms with Crippen molar-refractivity contribution >= 4 is 10.0 Å². The smallest absolute Gasteiger partial charge is 0.240 e. The number of aromatic nitrogens is 1. The zero-order valence-corrected chi connectivity index (χ0v) is 16.6. The third-order valence-electron chi connectivity index (χ3n) is 4.99. The first-order valence-electron chi connectivity index (χ1n) is 9.50. The molecule has 2 heterocycles. The molecule has 0 spiro atoms. The van der Waals surface area contributed by atoms with Gasteiger partial charge in [0.05, 0.1) is 10.6 Å². The van der Waals surface area contributed by atoms with Crippen molar-refractivity contribution in [2.24, 2.45) is 0 Å². The summed E-state index contributed by atoms with van der Waals surface area (Å²) in [5.41, 5.74) is 1.53. The SMILES string of the molecule is O=S(=O)(NC1CCN(Cc2coc(-c3ccc(F)cc3)n2)CC1)c1ccccc1. The van der Waals surface area contributed by atoms with Crippen LogP contribution in [0.25, 0.3) is 11.5 Å². The third-order valence-corrected chi connectivity index (χ3v) is 6.53. The summed E-state index contributed by atoms with van der Waals surface area (Å²) in [4.78, 5) is 6.99. The van der Waals surface area contributed by atoms with Crippen LogP contribution in [0.1, 0.15) is 18.5 Å². The molecular formula is C21H22FN3O3S. The Hall–Kier alpha value is -2.55. The van der Waals surface area contributed by atoms with E-state index in [-0.39, 0.29) is 11.9 Å². The molecule has 4 rings (SSSR count). The van der Waals surface area contributed by atoms with E-state index >= 15 is 0 Å². The standard InChI is InChI=1S/C21H22FN3O3S/c22-17-8-6-16(7-9-17)21-23-19(15-28-21)14-25-12-10-18(11-13-25)24-29(26,27)20-4-2-1-3-5-20/h1-9,15,18,24H,10-14H2. The lowest BCUT2D eigenvalue weighted by molar-refractivity contribution is 0.198. The number of nitrogens with zero attached hydrogens (tertiary/aromatic N) is 2. The van der Waals surface area contributed by atoms with Crippen molar-refractivity contribution < 1.29 is 17.2 Å². The Bertz CT molecular complexity index is 1040. The Labute approximate surface area is 169 Å². The van der Waals surface area contributed by atoms with Gasteiger partial charge in [-0.25, -0.2) is 22.5 Å². The Morgan fingerprint density at radius 2 is 1.76 bits per heavy atom. The van der Waals surface area contributed by atoms with Crippen LogP contribution in [0.4, 0.5) is 4.39 Å². The van der Waals surface area contributed by atoms with Crippen molar-refractivity contribution in [3.63, 3.8) is 0 Å². The van der Waals surface area contributed by atoms with Gasteiger partial charge in [0, 0.05) is 31.2 Å². The van der Waals surface area contributed by atoms with E-state index in [9.17, 15) is 12.8 Å². The van der Waals surface area contributed by atoms with Crippen LogP contribution in [0, 0.1) is 5.82 Å². The molecule has 0 unspecified atom stereocenters. The average molecular weight is 415 g/mol. The molecule has 0 radical (unpaired) electrons. The summed E-state index contributed by atoms with van der Waals surface area (Å²) in [5.74, 6) is 0.164. The molecule has 1 aromatic heterocycles. The molecular weight excluding hydrogens is 393 g/mol. The van der Waals surface area contributed by atoms with Crippen molar-refractivity contribution in [1.82, 2.24) is 14.6 Å². The highest BCUT2D eigenvalue weighted by Gasteiger charge is 2.25. The number of hydrogen-bond acceptors (Lipinski definition) is 5. The van der Waals surface area contributed by atoms with Crippen LogP contribution in [0.5, 0.6) is 0 Å². The van der Waals surface area contributed by atoms with Crippen LogP contribution in [0.2, 0.25) is 0 Å². The fourth-order valence-electron chi connectivity index (χ4n) is 3.43. The molecule has 6 nitrogen and oxygen atoms in total. The lowest BCUT2D eigenvalue weighted by Gasteiger charge is -2.31. The maximum Gasteiger partial charge on any atom is 0.240 e. The van der Waals surface area contributed by atoms with Gasteiger partial charge in [-0.15, -0.1) is 0 Å². The number of hydrogen-bond donors (Lipinski definition) is 1. The summed E-state index contributed by atoms with van der Waals surface area (Å²) in [6.07, 6.45) is 3.08. The van der Waals surface area contributed by atoms with E-state index < -0.39 is 10.0 Å². The van der Waals surface area contributed by atoms with Crippen LogP contribution >= 0.6 is 0 Å². The Morgan fingerprint density at radius 1 is 1.07 bits per heavy atom. The second-order valence-electron chi connectivity index (χ2n) is 7.14. The average Bonchev–Trinajstić information content (AvgIpc) is 3.19. The molecule has 0 aliphatic carbocycles. The molecule has 3 aromatic rings. The summed E-state index contributed by atoms with van der Waals surface area (Å²) < 4.78 is 46.3. The second kappa shape index (κ2) is 8.44. The lowest BCUT2D eigenvalue weighted by Crippen LogP contribution is -2.44. The van der Waals surface area contributed by atoms with E-state index in [1.165, 1.54) is 12.1 Å². The van der Waals surface area contributed by atoms with Gasteiger partial charge in [-0.1, -0.05) is 18.2 Å². The molecule has 1 N–H and O–H groups in total. The fourth-order valence-corrected chi connectivity index (χ4v) is 4.76. The highest BCUT2D eigenvalue weighted by molar-refractivity contribution is 7.89. The minimum Gasteiger partial charge on any atom is -0.444 e. The number of likely N-dealkylation sites (tertiary alicyclic amines) is 1. The summed E-state index contributed by atoms with van der Waals surface area (Å²) in [6, 6.07) is 14.4. The molecule has 8 heteroatoms. The van der Waals surface area contributed by atoms with Gasteiger partial charge in [-0.2, -0.15) is 0 Å². The Morgan fingerprint density at radius 3 is 2.45 bits per heavy atom. The molecule has 1 aliphatic rings. The van der Waals surface area contributed by atoms with Crippen molar-refractivity contribution in [2.75, 3.05) is 13.1 Å². The monoisotopic (exact) mass is 415 g/mol. The maximum atomic E-state index is 13.0. The second-order valence-corrected chi connectivity index (χ2v) is 8.85. The van der Waals surface area contributed by atoms with Gasteiger partial charge in [0.1, 0.15) is 12.1 Å². The first kappa shape index (κ1) is 19.8. The van der Waals surface area contributed by atoms with Gasteiger partial charge in [-0.3, -0.25) is 4.90 Å². The zero-order valence-electron chi connectivity index (χ0n) is 15.8. The molecule has 1 aliphatic heterocycles. The van der Waals surface area contributed by atoms with Gasteiger partial charge < -0.3 is 4.42 Å². The van der Waals surface area contributed by atoms with E-state index in [0.717, 1.165) is 37.2 Å². The summed E-state index contributed by atoms with van der Waals surface area (Å²) in [7, 11) is -3.49. The number of rotatable bonds is 6. The Kier molecular flexibility index (Phi) is 5.75. The number of nitrogens with one attached hydrogen (secondary N) is 1. The third kappa shape index (κ3) is 4.90. The number of halogens is 1. The first-order chi connectivity index (χ1) is 14.0. The van der Waals surface area contributed by atoms with Gasteiger partial charge in [0.15, 0.2) is 0 Å². The topological polar surface area (TPSA) is 75.4 Å². The van der Waals surface area contributed by atoms with Gasteiger partial charge in [-0.05, 0) is 49.2 Å². The van der Waals surface area contributed by atoms with Crippen LogP contribution in [0.15, 0.2) is 70.2 Å². The molecule has 0 saturated carbocycles. The number of piperidine rings is 1. The zero-order chi connectivity index (χ0) is 20.3. The van der Waals surface area contributed by atoms with Gasteiger partial charge in [0.25, 0.3) is 0 Å². The molecule has 152 valence electrons. The van der Waals surface area contributed by atoms with Crippen molar-refractivity contribution in [2.45, 2.75) is 30.3 Å².